The second kappa shape index (κ2) is 7.78. The van der Waals surface area contributed by atoms with Gasteiger partial charge in [-0.1, -0.05) is 35.9 Å². The monoisotopic (exact) mass is 300 g/mol. The maximum atomic E-state index is 12.3. The number of aryl methyl sites for hydroxylation is 1. The largest absolute Gasteiger partial charge is 0.352 e. The SMILES string of the molecule is C=CCNC(=O)C1CCN(C(=O)Cc2cccc(C)c2)CC1. The number of hydrogen-bond donors (Lipinski definition) is 1. The molecule has 0 spiro atoms. The average Bonchev–Trinajstić information content (AvgIpc) is 2.52. The third-order valence-corrected chi connectivity index (χ3v) is 4.08. The topological polar surface area (TPSA) is 49.4 Å². The predicted octanol–water partition coefficient (Wildman–Crippen LogP) is 2.08. The first kappa shape index (κ1) is 16.3. The lowest BCUT2D eigenvalue weighted by atomic mass is 9.95. The van der Waals surface area contributed by atoms with Crippen LogP contribution in [0, 0.1) is 12.8 Å². The van der Waals surface area contributed by atoms with E-state index in [9.17, 15) is 9.59 Å². The van der Waals surface area contributed by atoms with Crippen LogP contribution in [0.4, 0.5) is 0 Å². The van der Waals surface area contributed by atoms with Gasteiger partial charge >= 0.3 is 0 Å². The van der Waals surface area contributed by atoms with Crippen LogP contribution in [0.3, 0.4) is 0 Å². The molecule has 1 aromatic carbocycles. The Labute approximate surface area is 132 Å². The predicted molar refractivity (Wildman–Crippen MR) is 87.4 cm³/mol. The Morgan fingerprint density at radius 3 is 2.73 bits per heavy atom. The van der Waals surface area contributed by atoms with E-state index in [2.05, 4.69) is 11.9 Å². The van der Waals surface area contributed by atoms with Gasteiger partial charge in [0.05, 0.1) is 6.42 Å². The van der Waals surface area contributed by atoms with E-state index in [4.69, 9.17) is 0 Å². The summed E-state index contributed by atoms with van der Waals surface area (Å²) in [4.78, 5) is 26.1. The summed E-state index contributed by atoms with van der Waals surface area (Å²) in [5, 5.41) is 2.83. The minimum absolute atomic E-state index is 0.0166. The van der Waals surface area contributed by atoms with Crippen molar-refractivity contribution in [3.8, 4) is 0 Å². The van der Waals surface area contributed by atoms with Gasteiger partial charge in [0.15, 0.2) is 0 Å². The molecule has 0 atom stereocenters. The zero-order chi connectivity index (χ0) is 15.9. The maximum Gasteiger partial charge on any atom is 0.226 e. The molecule has 4 heteroatoms. The number of hydrogen-bond acceptors (Lipinski definition) is 2. The van der Waals surface area contributed by atoms with Crippen molar-refractivity contribution in [1.82, 2.24) is 10.2 Å². The molecule has 2 amide bonds. The highest BCUT2D eigenvalue weighted by Gasteiger charge is 2.26. The van der Waals surface area contributed by atoms with Gasteiger partial charge in [0, 0.05) is 25.6 Å². The molecule has 0 unspecified atom stereocenters. The quantitative estimate of drug-likeness (QED) is 0.846. The van der Waals surface area contributed by atoms with Crippen molar-refractivity contribution in [2.45, 2.75) is 26.2 Å². The van der Waals surface area contributed by atoms with Gasteiger partial charge in [-0.2, -0.15) is 0 Å². The summed E-state index contributed by atoms with van der Waals surface area (Å²) in [5.74, 6) is 0.240. The van der Waals surface area contributed by atoms with E-state index >= 15 is 0 Å². The molecule has 1 aliphatic heterocycles. The number of nitrogens with zero attached hydrogens (tertiary/aromatic N) is 1. The highest BCUT2D eigenvalue weighted by atomic mass is 16.2. The van der Waals surface area contributed by atoms with E-state index in [1.54, 1.807) is 6.08 Å². The fourth-order valence-electron chi connectivity index (χ4n) is 2.82. The molecule has 0 radical (unpaired) electrons. The number of benzene rings is 1. The standard InChI is InChI=1S/C18H24N2O2/c1-3-9-19-18(22)16-7-10-20(11-8-16)17(21)13-15-6-4-5-14(2)12-15/h3-6,12,16H,1,7-11,13H2,2H3,(H,19,22). The Balaban J connectivity index is 1.82. The van der Waals surface area contributed by atoms with Gasteiger partial charge in [0.1, 0.15) is 0 Å². The summed E-state index contributed by atoms with van der Waals surface area (Å²) >= 11 is 0. The summed E-state index contributed by atoms with van der Waals surface area (Å²) in [5.41, 5.74) is 2.22. The lowest BCUT2D eigenvalue weighted by molar-refractivity contribution is -0.135. The summed E-state index contributed by atoms with van der Waals surface area (Å²) in [6.07, 6.45) is 3.60. The van der Waals surface area contributed by atoms with Crippen LogP contribution < -0.4 is 5.32 Å². The average molecular weight is 300 g/mol. The second-order valence-corrected chi connectivity index (χ2v) is 5.85. The molecule has 1 fully saturated rings. The van der Waals surface area contributed by atoms with Crippen LogP contribution in [-0.2, 0) is 16.0 Å². The Hall–Kier alpha value is -2.10. The molecular formula is C18H24N2O2. The zero-order valence-electron chi connectivity index (χ0n) is 13.2. The van der Waals surface area contributed by atoms with E-state index < -0.39 is 0 Å². The molecule has 1 N–H and O–H groups in total. The summed E-state index contributed by atoms with van der Waals surface area (Å²) in [6.45, 7) is 7.45. The number of rotatable bonds is 5. The van der Waals surface area contributed by atoms with Gasteiger partial charge in [-0.05, 0) is 25.3 Å². The Morgan fingerprint density at radius 2 is 2.09 bits per heavy atom. The number of nitrogens with one attached hydrogen (secondary N) is 1. The van der Waals surface area contributed by atoms with Crippen molar-refractivity contribution in [3.63, 3.8) is 0 Å². The van der Waals surface area contributed by atoms with E-state index in [1.165, 1.54) is 5.56 Å². The van der Waals surface area contributed by atoms with Crippen molar-refractivity contribution in [2.75, 3.05) is 19.6 Å². The molecule has 1 aliphatic rings. The Morgan fingerprint density at radius 1 is 1.36 bits per heavy atom. The summed E-state index contributed by atoms with van der Waals surface area (Å²) in [6, 6.07) is 8.04. The number of piperidine rings is 1. The molecule has 0 saturated carbocycles. The van der Waals surface area contributed by atoms with Gasteiger partial charge in [-0.15, -0.1) is 6.58 Å². The minimum Gasteiger partial charge on any atom is -0.352 e. The number of carbonyl (C=O) groups is 2. The smallest absolute Gasteiger partial charge is 0.226 e. The van der Waals surface area contributed by atoms with Crippen LogP contribution in [0.15, 0.2) is 36.9 Å². The van der Waals surface area contributed by atoms with Crippen molar-refractivity contribution in [1.29, 1.82) is 0 Å². The molecular weight excluding hydrogens is 276 g/mol. The molecule has 4 nitrogen and oxygen atoms in total. The third kappa shape index (κ3) is 4.45. The molecule has 1 saturated heterocycles. The van der Waals surface area contributed by atoms with Gasteiger partial charge in [-0.25, -0.2) is 0 Å². The molecule has 0 aromatic heterocycles. The van der Waals surface area contributed by atoms with E-state index in [1.807, 2.05) is 36.1 Å². The van der Waals surface area contributed by atoms with Crippen molar-refractivity contribution >= 4 is 11.8 Å². The first-order valence-electron chi connectivity index (χ1n) is 7.82. The first-order valence-corrected chi connectivity index (χ1v) is 7.82. The normalized spacial score (nSPS) is 15.4. The van der Waals surface area contributed by atoms with Crippen molar-refractivity contribution in [3.05, 3.63) is 48.0 Å². The lowest BCUT2D eigenvalue weighted by Gasteiger charge is -2.31. The van der Waals surface area contributed by atoms with Crippen LogP contribution in [0.25, 0.3) is 0 Å². The molecule has 0 aliphatic carbocycles. The highest BCUT2D eigenvalue weighted by Crippen LogP contribution is 2.18. The van der Waals surface area contributed by atoms with Crippen LogP contribution in [0.1, 0.15) is 24.0 Å². The van der Waals surface area contributed by atoms with Crippen LogP contribution in [0.5, 0.6) is 0 Å². The molecule has 0 bridgehead atoms. The molecule has 2 rings (SSSR count). The zero-order valence-corrected chi connectivity index (χ0v) is 13.2. The van der Waals surface area contributed by atoms with E-state index in [0.29, 0.717) is 26.1 Å². The van der Waals surface area contributed by atoms with Crippen LogP contribution >= 0.6 is 0 Å². The lowest BCUT2D eigenvalue weighted by Crippen LogP contribution is -2.43. The van der Waals surface area contributed by atoms with Crippen molar-refractivity contribution in [2.24, 2.45) is 5.92 Å². The van der Waals surface area contributed by atoms with Crippen molar-refractivity contribution < 1.29 is 9.59 Å². The third-order valence-electron chi connectivity index (χ3n) is 4.08. The fraction of sp³-hybridized carbons (Fsp3) is 0.444. The number of carbonyl (C=O) groups excluding carboxylic acids is 2. The first-order chi connectivity index (χ1) is 10.6. The molecule has 1 aromatic rings. The van der Waals surface area contributed by atoms with Gasteiger partial charge in [-0.3, -0.25) is 9.59 Å². The molecule has 22 heavy (non-hydrogen) atoms. The van der Waals surface area contributed by atoms with Crippen LogP contribution in [0.2, 0.25) is 0 Å². The van der Waals surface area contributed by atoms with Crippen LogP contribution in [-0.4, -0.2) is 36.3 Å². The van der Waals surface area contributed by atoms with Gasteiger partial charge in [0.2, 0.25) is 11.8 Å². The molecule has 1 heterocycles. The summed E-state index contributed by atoms with van der Waals surface area (Å²) in [7, 11) is 0. The maximum absolute atomic E-state index is 12.3. The molecule has 118 valence electrons. The summed E-state index contributed by atoms with van der Waals surface area (Å²) < 4.78 is 0. The highest BCUT2D eigenvalue weighted by molar-refractivity contribution is 5.81. The Kier molecular flexibility index (Phi) is 5.75. The van der Waals surface area contributed by atoms with E-state index in [-0.39, 0.29) is 17.7 Å². The second-order valence-electron chi connectivity index (χ2n) is 5.85. The number of likely N-dealkylation sites (tertiary alicyclic amines) is 1. The van der Waals surface area contributed by atoms with Gasteiger partial charge in [0.25, 0.3) is 0 Å². The van der Waals surface area contributed by atoms with Gasteiger partial charge < -0.3 is 10.2 Å². The fourth-order valence-corrected chi connectivity index (χ4v) is 2.82. The number of amides is 2. The van der Waals surface area contributed by atoms with E-state index in [0.717, 1.165) is 18.4 Å². The minimum atomic E-state index is 0.0166. The Bertz CT molecular complexity index is 546.